The third-order valence-electron chi connectivity index (χ3n) is 2.01. The first-order valence-corrected chi connectivity index (χ1v) is 5.07. The Hall–Kier alpha value is -1.55. The second-order valence-electron chi connectivity index (χ2n) is 4.24. The smallest absolute Gasteiger partial charge is 0.337 e. The molecule has 0 unspecified atom stereocenters. The monoisotopic (exact) mass is 223 g/mol. The second kappa shape index (κ2) is 4.99. The molecule has 4 nitrogen and oxygen atoms in total. The van der Waals surface area contributed by atoms with Gasteiger partial charge in [0.25, 0.3) is 0 Å². The van der Waals surface area contributed by atoms with E-state index in [1.807, 2.05) is 6.07 Å². The van der Waals surface area contributed by atoms with Crippen molar-refractivity contribution in [1.29, 1.82) is 0 Å². The average molecular weight is 223 g/mol. The van der Waals surface area contributed by atoms with Crippen molar-refractivity contribution in [2.75, 3.05) is 19.0 Å². The molecule has 0 aliphatic heterocycles. The summed E-state index contributed by atoms with van der Waals surface area (Å²) >= 11 is 0. The fourth-order valence-electron chi connectivity index (χ4n) is 1.19. The molecule has 1 aromatic rings. The topological polar surface area (TPSA) is 58.6 Å². The Kier molecular flexibility index (Phi) is 3.90. The minimum Gasteiger partial charge on any atom is -0.465 e. The molecule has 0 bridgehead atoms. The number of carbonyl (C=O) groups is 1. The van der Waals surface area contributed by atoms with Gasteiger partial charge < -0.3 is 15.2 Å². The average Bonchev–Trinajstić information content (AvgIpc) is 2.25. The molecule has 4 heteroatoms. The summed E-state index contributed by atoms with van der Waals surface area (Å²) in [6.45, 7) is 3.84. The van der Waals surface area contributed by atoms with E-state index in [1.54, 1.807) is 32.0 Å². The van der Waals surface area contributed by atoms with Crippen LogP contribution in [0.4, 0.5) is 5.69 Å². The molecule has 1 aromatic carbocycles. The zero-order chi connectivity index (χ0) is 12.2. The summed E-state index contributed by atoms with van der Waals surface area (Å²) in [5, 5.41) is 12.6. The zero-order valence-electron chi connectivity index (χ0n) is 9.78. The fourth-order valence-corrected chi connectivity index (χ4v) is 1.19. The molecule has 0 heterocycles. The van der Waals surface area contributed by atoms with Crippen molar-refractivity contribution in [2.24, 2.45) is 0 Å². The highest BCUT2D eigenvalue weighted by Gasteiger charge is 2.12. The van der Waals surface area contributed by atoms with Crippen LogP contribution in [0.1, 0.15) is 24.2 Å². The van der Waals surface area contributed by atoms with Crippen LogP contribution >= 0.6 is 0 Å². The van der Waals surface area contributed by atoms with Gasteiger partial charge in [0.05, 0.1) is 18.3 Å². The van der Waals surface area contributed by atoms with E-state index in [-0.39, 0.29) is 5.97 Å². The van der Waals surface area contributed by atoms with E-state index in [0.29, 0.717) is 12.1 Å². The van der Waals surface area contributed by atoms with Crippen LogP contribution in [0.3, 0.4) is 0 Å². The van der Waals surface area contributed by atoms with Crippen molar-refractivity contribution < 1.29 is 14.6 Å². The Labute approximate surface area is 95.2 Å². The van der Waals surface area contributed by atoms with Crippen LogP contribution in [0.2, 0.25) is 0 Å². The summed E-state index contributed by atoms with van der Waals surface area (Å²) in [5.74, 6) is -0.369. The van der Waals surface area contributed by atoms with Gasteiger partial charge in [0.2, 0.25) is 0 Å². The summed E-state index contributed by atoms with van der Waals surface area (Å²) < 4.78 is 4.62. The highest BCUT2D eigenvalue weighted by atomic mass is 16.5. The number of esters is 1. The van der Waals surface area contributed by atoms with Crippen LogP contribution in [-0.4, -0.2) is 30.3 Å². The molecule has 0 spiro atoms. The molecule has 0 atom stereocenters. The Balaban J connectivity index is 2.71. The number of anilines is 1. The number of carbonyl (C=O) groups excluding carboxylic acids is 1. The lowest BCUT2D eigenvalue weighted by Gasteiger charge is -2.18. The molecular weight excluding hydrogens is 206 g/mol. The third kappa shape index (κ3) is 3.90. The minimum absolute atomic E-state index is 0.369. The van der Waals surface area contributed by atoms with E-state index in [9.17, 15) is 9.90 Å². The quantitative estimate of drug-likeness (QED) is 0.762. The first kappa shape index (κ1) is 12.5. The Morgan fingerprint density at radius 2 is 2.19 bits per heavy atom. The molecule has 0 aromatic heterocycles. The molecule has 1 rings (SSSR count). The number of rotatable bonds is 4. The van der Waals surface area contributed by atoms with Crippen LogP contribution in [0.5, 0.6) is 0 Å². The molecule has 16 heavy (non-hydrogen) atoms. The predicted molar refractivity (Wildman–Crippen MR) is 62.6 cm³/mol. The molecule has 0 saturated heterocycles. The maximum atomic E-state index is 11.3. The van der Waals surface area contributed by atoms with Gasteiger partial charge in [-0.1, -0.05) is 6.07 Å². The van der Waals surface area contributed by atoms with Crippen LogP contribution in [0.25, 0.3) is 0 Å². The number of aliphatic hydroxyl groups is 1. The predicted octanol–water partition coefficient (Wildman–Crippen LogP) is 1.66. The van der Waals surface area contributed by atoms with E-state index in [2.05, 4.69) is 10.1 Å². The molecule has 0 radical (unpaired) electrons. The lowest BCUT2D eigenvalue weighted by atomic mass is 10.1. The van der Waals surface area contributed by atoms with Gasteiger partial charge in [-0.2, -0.15) is 0 Å². The van der Waals surface area contributed by atoms with E-state index in [4.69, 9.17) is 0 Å². The number of hydrogen-bond donors (Lipinski definition) is 2. The molecule has 0 fully saturated rings. The number of methoxy groups -OCH3 is 1. The summed E-state index contributed by atoms with van der Waals surface area (Å²) in [4.78, 5) is 11.3. The van der Waals surface area contributed by atoms with Crippen molar-refractivity contribution in [3.05, 3.63) is 29.8 Å². The summed E-state index contributed by atoms with van der Waals surface area (Å²) in [5.41, 5.74) is 0.481. The van der Waals surface area contributed by atoms with Crippen molar-refractivity contribution in [1.82, 2.24) is 0 Å². The normalized spacial score (nSPS) is 11.0. The minimum atomic E-state index is -0.790. The van der Waals surface area contributed by atoms with E-state index in [1.165, 1.54) is 7.11 Å². The van der Waals surface area contributed by atoms with Gasteiger partial charge in [0, 0.05) is 12.2 Å². The molecule has 0 saturated carbocycles. The maximum Gasteiger partial charge on any atom is 0.337 e. The van der Waals surface area contributed by atoms with Gasteiger partial charge in [0.15, 0.2) is 0 Å². The Morgan fingerprint density at radius 3 is 2.75 bits per heavy atom. The highest BCUT2D eigenvalue weighted by molar-refractivity contribution is 5.90. The zero-order valence-corrected chi connectivity index (χ0v) is 9.78. The Morgan fingerprint density at radius 1 is 1.50 bits per heavy atom. The van der Waals surface area contributed by atoms with Gasteiger partial charge in [0.1, 0.15) is 0 Å². The molecule has 88 valence electrons. The number of hydrogen-bond acceptors (Lipinski definition) is 4. The van der Waals surface area contributed by atoms with Crippen LogP contribution < -0.4 is 5.32 Å². The third-order valence-corrected chi connectivity index (χ3v) is 2.01. The van der Waals surface area contributed by atoms with Crippen LogP contribution in [0.15, 0.2) is 24.3 Å². The van der Waals surface area contributed by atoms with Crippen molar-refractivity contribution in [3.63, 3.8) is 0 Å². The molecule has 0 aliphatic rings. The lowest BCUT2D eigenvalue weighted by Crippen LogP contribution is -2.29. The van der Waals surface area contributed by atoms with Crippen molar-refractivity contribution >= 4 is 11.7 Å². The Bertz CT molecular complexity index is 369. The van der Waals surface area contributed by atoms with E-state index < -0.39 is 5.60 Å². The van der Waals surface area contributed by atoms with Crippen LogP contribution in [-0.2, 0) is 4.74 Å². The number of nitrogens with one attached hydrogen (secondary N) is 1. The molecule has 0 amide bonds. The first-order chi connectivity index (χ1) is 7.42. The summed E-state index contributed by atoms with van der Waals surface area (Å²) in [6.07, 6.45) is 0. The molecule has 2 N–H and O–H groups in total. The summed E-state index contributed by atoms with van der Waals surface area (Å²) in [6, 6.07) is 6.97. The maximum absolute atomic E-state index is 11.3. The fraction of sp³-hybridized carbons (Fsp3) is 0.417. The van der Waals surface area contributed by atoms with Gasteiger partial charge in [-0.25, -0.2) is 4.79 Å². The van der Waals surface area contributed by atoms with E-state index in [0.717, 1.165) is 5.69 Å². The van der Waals surface area contributed by atoms with Crippen molar-refractivity contribution in [2.45, 2.75) is 19.4 Å². The highest BCUT2D eigenvalue weighted by Crippen LogP contribution is 2.13. The van der Waals surface area contributed by atoms with Gasteiger partial charge >= 0.3 is 5.97 Å². The number of ether oxygens (including phenoxy) is 1. The largest absolute Gasteiger partial charge is 0.465 e. The number of benzene rings is 1. The SMILES string of the molecule is COC(=O)c1cccc(NCC(C)(C)O)c1. The van der Waals surface area contributed by atoms with Gasteiger partial charge in [-0.15, -0.1) is 0 Å². The lowest BCUT2D eigenvalue weighted by molar-refractivity contribution is 0.0601. The molecule has 0 aliphatic carbocycles. The second-order valence-corrected chi connectivity index (χ2v) is 4.24. The van der Waals surface area contributed by atoms with Gasteiger partial charge in [-0.3, -0.25) is 0 Å². The first-order valence-electron chi connectivity index (χ1n) is 5.07. The van der Waals surface area contributed by atoms with Gasteiger partial charge in [-0.05, 0) is 32.0 Å². The van der Waals surface area contributed by atoms with E-state index >= 15 is 0 Å². The molecular formula is C12H17NO3. The standard InChI is InChI=1S/C12H17NO3/c1-12(2,15)8-13-10-6-4-5-9(7-10)11(14)16-3/h4-7,13,15H,8H2,1-3H3. The van der Waals surface area contributed by atoms with Crippen LogP contribution in [0, 0.1) is 0 Å². The van der Waals surface area contributed by atoms with Crippen molar-refractivity contribution in [3.8, 4) is 0 Å². The summed E-state index contributed by atoms with van der Waals surface area (Å²) in [7, 11) is 1.35.